The first-order valence-electron chi connectivity index (χ1n) is 7.86. The highest BCUT2D eigenvalue weighted by molar-refractivity contribution is 5.65. The second kappa shape index (κ2) is 7.06. The molecule has 0 radical (unpaired) electrons. The number of ether oxygens (including phenoxy) is 2. The highest BCUT2D eigenvalue weighted by atomic mass is 16.5. The SMILES string of the molecule is COc1cccc2c1N(CCOc1ccccc1C#N)CCC2. The second-order valence-electron chi connectivity index (χ2n) is 5.52. The summed E-state index contributed by atoms with van der Waals surface area (Å²) in [7, 11) is 1.71. The number of anilines is 1. The molecule has 2 aromatic rings. The lowest BCUT2D eigenvalue weighted by molar-refractivity contribution is 0.320. The summed E-state index contributed by atoms with van der Waals surface area (Å²) in [6.07, 6.45) is 2.22. The van der Waals surface area contributed by atoms with Crippen molar-refractivity contribution in [2.75, 3.05) is 31.7 Å². The van der Waals surface area contributed by atoms with E-state index >= 15 is 0 Å². The summed E-state index contributed by atoms with van der Waals surface area (Å²) in [6, 6.07) is 15.7. The molecule has 1 aliphatic rings. The topological polar surface area (TPSA) is 45.5 Å². The zero-order chi connectivity index (χ0) is 16.1. The van der Waals surface area contributed by atoms with Crippen LogP contribution >= 0.6 is 0 Å². The number of para-hydroxylation sites is 2. The first-order valence-corrected chi connectivity index (χ1v) is 7.86. The standard InChI is InChI=1S/C19H20N2O2/c1-22-18-10-4-7-15-8-5-11-21(19(15)18)12-13-23-17-9-3-2-6-16(17)14-20/h2-4,6-7,9-10H,5,8,11-13H2,1H3. The van der Waals surface area contributed by atoms with E-state index in [-0.39, 0.29) is 0 Å². The van der Waals surface area contributed by atoms with Crippen LogP contribution in [0.25, 0.3) is 0 Å². The molecule has 4 heteroatoms. The summed E-state index contributed by atoms with van der Waals surface area (Å²) < 4.78 is 11.3. The number of fused-ring (bicyclic) bond motifs is 1. The summed E-state index contributed by atoms with van der Waals surface area (Å²) in [4.78, 5) is 2.31. The van der Waals surface area contributed by atoms with Gasteiger partial charge < -0.3 is 14.4 Å². The molecule has 0 aromatic heterocycles. The van der Waals surface area contributed by atoms with Crippen molar-refractivity contribution in [3.05, 3.63) is 53.6 Å². The van der Waals surface area contributed by atoms with Crippen LogP contribution < -0.4 is 14.4 Å². The molecule has 4 nitrogen and oxygen atoms in total. The van der Waals surface area contributed by atoms with Crippen LogP contribution in [0.3, 0.4) is 0 Å². The summed E-state index contributed by atoms with van der Waals surface area (Å²) in [5.74, 6) is 1.56. The van der Waals surface area contributed by atoms with Crippen molar-refractivity contribution in [3.8, 4) is 17.6 Å². The fourth-order valence-corrected chi connectivity index (χ4v) is 3.04. The molecule has 0 saturated carbocycles. The van der Waals surface area contributed by atoms with Gasteiger partial charge in [-0.2, -0.15) is 5.26 Å². The van der Waals surface area contributed by atoms with E-state index in [1.807, 2.05) is 30.3 Å². The average Bonchev–Trinajstić information content (AvgIpc) is 2.61. The molecule has 0 unspecified atom stereocenters. The molecule has 1 aliphatic heterocycles. The van der Waals surface area contributed by atoms with Gasteiger partial charge in [-0.1, -0.05) is 24.3 Å². The Bertz CT molecular complexity index is 707. The number of hydrogen-bond acceptors (Lipinski definition) is 4. The molecule has 0 atom stereocenters. The van der Waals surface area contributed by atoms with Gasteiger partial charge in [0.05, 0.1) is 24.9 Å². The zero-order valence-corrected chi connectivity index (χ0v) is 13.3. The Kier molecular flexibility index (Phi) is 4.68. The molecule has 0 fully saturated rings. The van der Waals surface area contributed by atoms with Crippen LogP contribution in [0.1, 0.15) is 17.5 Å². The molecule has 0 N–H and O–H groups in total. The molecule has 0 bridgehead atoms. The van der Waals surface area contributed by atoms with Crippen LogP contribution in [0.5, 0.6) is 11.5 Å². The molecule has 118 valence electrons. The number of nitriles is 1. The van der Waals surface area contributed by atoms with Crippen molar-refractivity contribution >= 4 is 5.69 Å². The summed E-state index contributed by atoms with van der Waals surface area (Å²) in [5.41, 5.74) is 3.08. The van der Waals surface area contributed by atoms with Gasteiger partial charge >= 0.3 is 0 Å². The second-order valence-corrected chi connectivity index (χ2v) is 5.52. The molecule has 23 heavy (non-hydrogen) atoms. The van der Waals surface area contributed by atoms with Gasteiger partial charge in [0.25, 0.3) is 0 Å². The highest BCUT2D eigenvalue weighted by Gasteiger charge is 2.20. The summed E-state index contributed by atoms with van der Waals surface area (Å²) in [6.45, 7) is 2.31. The maximum Gasteiger partial charge on any atom is 0.142 e. The Morgan fingerprint density at radius 1 is 1.13 bits per heavy atom. The van der Waals surface area contributed by atoms with E-state index in [9.17, 15) is 0 Å². The Hall–Kier alpha value is -2.67. The van der Waals surface area contributed by atoms with Crippen LogP contribution in [0.15, 0.2) is 42.5 Å². The van der Waals surface area contributed by atoms with Gasteiger partial charge in [-0.3, -0.25) is 0 Å². The first-order chi connectivity index (χ1) is 11.3. The first kappa shape index (κ1) is 15.2. The van der Waals surface area contributed by atoms with Gasteiger partial charge in [0.2, 0.25) is 0 Å². The molecule has 3 rings (SSSR count). The molecule has 2 aromatic carbocycles. The minimum Gasteiger partial charge on any atom is -0.495 e. The lowest BCUT2D eigenvalue weighted by Crippen LogP contribution is -2.33. The van der Waals surface area contributed by atoms with E-state index in [1.165, 1.54) is 11.3 Å². The van der Waals surface area contributed by atoms with Gasteiger partial charge in [-0.15, -0.1) is 0 Å². The van der Waals surface area contributed by atoms with Crippen LogP contribution in [0, 0.1) is 11.3 Å². The maximum absolute atomic E-state index is 9.11. The molecule has 0 aliphatic carbocycles. The average molecular weight is 308 g/mol. The maximum atomic E-state index is 9.11. The van der Waals surface area contributed by atoms with E-state index < -0.39 is 0 Å². The largest absolute Gasteiger partial charge is 0.495 e. The third-order valence-electron chi connectivity index (χ3n) is 4.12. The van der Waals surface area contributed by atoms with Crippen molar-refractivity contribution in [1.82, 2.24) is 0 Å². The number of rotatable bonds is 5. The predicted octanol–water partition coefficient (Wildman–Crippen LogP) is 3.40. The lowest BCUT2D eigenvalue weighted by atomic mass is 10.0. The Labute approximate surface area is 136 Å². The van der Waals surface area contributed by atoms with Crippen LogP contribution in [0.2, 0.25) is 0 Å². The smallest absolute Gasteiger partial charge is 0.142 e. The van der Waals surface area contributed by atoms with Crippen LogP contribution in [-0.4, -0.2) is 26.8 Å². The van der Waals surface area contributed by atoms with Crippen LogP contribution in [0.4, 0.5) is 5.69 Å². The molecule has 0 amide bonds. The van der Waals surface area contributed by atoms with E-state index in [0.29, 0.717) is 17.9 Å². The number of aryl methyl sites for hydroxylation is 1. The minimum absolute atomic E-state index is 0.538. The lowest BCUT2D eigenvalue weighted by Gasteiger charge is -2.32. The number of nitrogens with zero attached hydrogens (tertiary/aromatic N) is 2. The molecule has 1 heterocycles. The Morgan fingerprint density at radius 3 is 2.78 bits per heavy atom. The van der Waals surface area contributed by atoms with E-state index in [1.54, 1.807) is 13.2 Å². The van der Waals surface area contributed by atoms with E-state index in [4.69, 9.17) is 14.7 Å². The monoisotopic (exact) mass is 308 g/mol. The summed E-state index contributed by atoms with van der Waals surface area (Å²) in [5, 5.41) is 9.11. The van der Waals surface area contributed by atoms with Gasteiger partial charge in [0, 0.05) is 6.54 Å². The molecular formula is C19H20N2O2. The normalized spacial score (nSPS) is 13.1. The van der Waals surface area contributed by atoms with Crippen molar-refractivity contribution < 1.29 is 9.47 Å². The van der Waals surface area contributed by atoms with Gasteiger partial charge in [0.1, 0.15) is 24.2 Å². The number of benzene rings is 2. The quantitative estimate of drug-likeness (QED) is 0.849. The van der Waals surface area contributed by atoms with E-state index in [2.05, 4.69) is 17.0 Å². The molecule has 0 saturated heterocycles. The third kappa shape index (κ3) is 3.24. The fourth-order valence-electron chi connectivity index (χ4n) is 3.04. The molecule has 0 spiro atoms. The van der Waals surface area contributed by atoms with Gasteiger partial charge in [0.15, 0.2) is 0 Å². The summed E-state index contributed by atoms with van der Waals surface area (Å²) >= 11 is 0. The van der Waals surface area contributed by atoms with Crippen LogP contribution in [-0.2, 0) is 6.42 Å². The van der Waals surface area contributed by atoms with Crippen molar-refractivity contribution in [1.29, 1.82) is 5.26 Å². The Balaban J connectivity index is 1.70. The van der Waals surface area contributed by atoms with E-state index in [0.717, 1.165) is 31.7 Å². The van der Waals surface area contributed by atoms with Crippen molar-refractivity contribution in [2.24, 2.45) is 0 Å². The fraction of sp³-hybridized carbons (Fsp3) is 0.316. The zero-order valence-electron chi connectivity index (χ0n) is 13.3. The number of hydrogen-bond donors (Lipinski definition) is 0. The van der Waals surface area contributed by atoms with Crippen molar-refractivity contribution in [2.45, 2.75) is 12.8 Å². The Morgan fingerprint density at radius 2 is 1.96 bits per heavy atom. The van der Waals surface area contributed by atoms with Gasteiger partial charge in [-0.25, -0.2) is 0 Å². The van der Waals surface area contributed by atoms with Crippen molar-refractivity contribution in [3.63, 3.8) is 0 Å². The predicted molar refractivity (Wildman–Crippen MR) is 90.2 cm³/mol. The minimum atomic E-state index is 0.538. The molecular weight excluding hydrogens is 288 g/mol. The highest BCUT2D eigenvalue weighted by Crippen LogP contribution is 2.35. The number of methoxy groups -OCH3 is 1. The van der Waals surface area contributed by atoms with Gasteiger partial charge in [-0.05, 0) is 36.6 Å². The third-order valence-corrected chi connectivity index (χ3v) is 4.12.